The SMILES string of the molecule is CC1=NOC(c2ccc(C(=O)N3CCC(C(=O)NC4(c5ccc(F)cc5)CC4)(c4ccc(F)cc4)CC3)cc2)N1. The Morgan fingerprint density at radius 2 is 1.45 bits per heavy atom. The third-order valence-corrected chi connectivity index (χ3v) is 8.33. The van der Waals surface area contributed by atoms with Gasteiger partial charge in [-0.15, -0.1) is 0 Å². The number of oxime groups is 1. The minimum Gasteiger partial charge on any atom is -0.364 e. The van der Waals surface area contributed by atoms with E-state index in [0.29, 0.717) is 37.3 Å². The molecule has 2 heterocycles. The fraction of sp³-hybridized carbons (Fsp3) is 0.323. The van der Waals surface area contributed by atoms with Gasteiger partial charge in [-0.2, -0.15) is 0 Å². The van der Waals surface area contributed by atoms with Crippen molar-refractivity contribution in [3.63, 3.8) is 0 Å². The smallest absolute Gasteiger partial charge is 0.253 e. The van der Waals surface area contributed by atoms with Gasteiger partial charge >= 0.3 is 0 Å². The molecular formula is C31H30F2N4O3. The van der Waals surface area contributed by atoms with E-state index in [1.54, 1.807) is 41.3 Å². The maximum atomic E-state index is 14.0. The highest BCUT2D eigenvalue weighted by molar-refractivity contribution is 5.95. The second kappa shape index (κ2) is 10.0. The Balaban J connectivity index is 1.19. The Bertz CT molecular complexity index is 1440. The predicted octanol–water partition coefficient (Wildman–Crippen LogP) is 4.90. The Kier molecular flexibility index (Phi) is 6.52. The van der Waals surface area contributed by atoms with E-state index in [1.807, 2.05) is 19.1 Å². The van der Waals surface area contributed by atoms with Crippen molar-refractivity contribution < 1.29 is 23.2 Å². The molecule has 40 heavy (non-hydrogen) atoms. The molecule has 0 spiro atoms. The number of carbonyl (C=O) groups excluding carboxylic acids is 2. The van der Waals surface area contributed by atoms with Crippen LogP contribution in [0.4, 0.5) is 8.78 Å². The number of hydrogen-bond acceptors (Lipinski definition) is 5. The largest absolute Gasteiger partial charge is 0.364 e. The number of halogens is 2. The first-order chi connectivity index (χ1) is 19.3. The van der Waals surface area contributed by atoms with Crippen molar-refractivity contribution in [1.82, 2.24) is 15.5 Å². The Labute approximate surface area is 231 Å². The molecule has 3 aromatic rings. The third kappa shape index (κ3) is 4.80. The molecule has 0 radical (unpaired) electrons. The normalized spacial score (nSPS) is 20.6. The molecule has 2 fully saturated rings. The Hall–Kier alpha value is -4.27. The van der Waals surface area contributed by atoms with Crippen LogP contribution in [0.5, 0.6) is 0 Å². The first-order valence-electron chi connectivity index (χ1n) is 13.5. The summed E-state index contributed by atoms with van der Waals surface area (Å²) in [6, 6.07) is 19.5. The molecule has 6 rings (SSSR count). The molecule has 206 valence electrons. The summed E-state index contributed by atoms with van der Waals surface area (Å²) in [5, 5.41) is 10.3. The molecule has 1 saturated carbocycles. The Morgan fingerprint density at radius 3 is 1.98 bits per heavy atom. The van der Waals surface area contributed by atoms with E-state index in [1.165, 1.54) is 24.3 Å². The second-order valence-corrected chi connectivity index (χ2v) is 10.9. The van der Waals surface area contributed by atoms with Gasteiger partial charge in [0.2, 0.25) is 12.1 Å². The van der Waals surface area contributed by atoms with Crippen LogP contribution in [0.2, 0.25) is 0 Å². The van der Waals surface area contributed by atoms with Gasteiger partial charge in [-0.1, -0.05) is 41.6 Å². The van der Waals surface area contributed by atoms with Crippen LogP contribution >= 0.6 is 0 Å². The Morgan fingerprint density at radius 1 is 0.875 bits per heavy atom. The number of amides is 2. The van der Waals surface area contributed by atoms with Gasteiger partial charge in [0.05, 0.1) is 11.0 Å². The van der Waals surface area contributed by atoms with Crippen LogP contribution in [-0.2, 0) is 20.6 Å². The summed E-state index contributed by atoms with van der Waals surface area (Å²) in [5.41, 5.74) is 1.54. The number of likely N-dealkylation sites (tertiary alicyclic amines) is 1. The van der Waals surface area contributed by atoms with Crippen LogP contribution in [0.1, 0.15) is 65.9 Å². The summed E-state index contributed by atoms with van der Waals surface area (Å²) >= 11 is 0. The molecular weight excluding hydrogens is 514 g/mol. The van der Waals surface area contributed by atoms with E-state index < -0.39 is 11.0 Å². The molecule has 3 aliphatic rings. The van der Waals surface area contributed by atoms with E-state index in [-0.39, 0.29) is 29.7 Å². The standard InChI is InChI=1S/C31H30F2N4O3/c1-20-34-27(40-36-20)21-2-4-22(5-3-21)28(38)37-18-16-30(17-19-37,23-6-10-25(32)11-7-23)29(39)35-31(14-15-31)24-8-12-26(33)13-9-24/h2-13,27H,14-19H2,1H3,(H,34,36)(H,35,39). The predicted molar refractivity (Wildman–Crippen MR) is 145 cm³/mol. The van der Waals surface area contributed by atoms with Crippen LogP contribution in [0, 0.1) is 11.6 Å². The molecule has 1 unspecified atom stereocenters. The highest BCUT2D eigenvalue weighted by atomic mass is 19.1. The van der Waals surface area contributed by atoms with Gasteiger partial charge in [-0.05, 0) is 80.1 Å². The maximum Gasteiger partial charge on any atom is 0.253 e. The number of amidine groups is 1. The monoisotopic (exact) mass is 544 g/mol. The number of rotatable bonds is 6. The van der Waals surface area contributed by atoms with E-state index in [2.05, 4.69) is 15.8 Å². The number of benzene rings is 3. The van der Waals surface area contributed by atoms with Crippen LogP contribution in [-0.4, -0.2) is 35.6 Å². The molecule has 9 heteroatoms. The van der Waals surface area contributed by atoms with Crippen LogP contribution < -0.4 is 10.6 Å². The lowest BCUT2D eigenvalue weighted by molar-refractivity contribution is -0.129. The molecule has 1 atom stereocenters. The first kappa shape index (κ1) is 26.0. The van der Waals surface area contributed by atoms with Gasteiger partial charge in [-0.3, -0.25) is 9.59 Å². The number of nitrogens with one attached hydrogen (secondary N) is 2. The zero-order valence-corrected chi connectivity index (χ0v) is 22.1. The van der Waals surface area contributed by atoms with Crippen LogP contribution in [0.15, 0.2) is 78.0 Å². The van der Waals surface area contributed by atoms with Gasteiger partial charge in [0.15, 0.2) is 0 Å². The molecule has 3 aromatic carbocycles. The van der Waals surface area contributed by atoms with Crippen LogP contribution in [0.3, 0.4) is 0 Å². The highest BCUT2D eigenvalue weighted by Crippen LogP contribution is 2.47. The lowest BCUT2D eigenvalue weighted by Crippen LogP contribution is -2.54. The molecule has 2 aliphatic heterocycles. The van der Waals surface area contributed by atoms with E-state index in [0.717, 1.165) is 29.5 Å². The third-order valence-electron chi connectivity index (χ3n) is 8.33. The average molecular weight is 545 g/mol. The summed E-state index contributed by atoms with van der Waals surface area (Å²) in [4.78, 5) is 34.5. The van der Waals surface area contributed by atoms with Gasteiger partial charge in [0, 0.05) is 24.2 Å². The summed E-state index contributed by atoms with van der Waals surface area (Å²) < 4.78 is 27.3. The first-order valence-corrected chi connectivity index (χ1v) is 13.5. The summed E-state index contributed by atoms with van der Waals surface area (Å²) in [5.74, 6) is -0.276. The molecule has 0 bridgehead atoms. The minimum absolute atomic E-state index is 0.114. The second-order valence-electron chi connectivity index (χ2n) is 10.9. The van der Waals surface area contributed by atoms with E-state index in [4.69, 9.17) is 4.84 Å². The molecule has 7 nitrogen and oxygen atoms in total. The number of piperidine rings is 1. The van der Waals surface area contributed by atoms with Crippen molar-refractivity contribution in [1.29, 1.82) is 0 Å². The molecule has 2 N–H and O–H groups in total. The van der Waals surface area contributed by atoms with Crippen molar-refractivity contribution in [3.05, 3.63) is 107 Å². The zero-order chi connectivity index (χ0) is 27.9. The molecule has 1 aliphatic carbocycles. The van der Waals surface area contributed by atoms with Gasteiger partial charge in [-0.25, -0.2) is 8.78 Å². The highest BCUT2D eigenvalue weighted by Gasteiger charge is 2.51. The van der Waals surface area contributed by atoms with Crippen LogP contribution in [0.25, 0.3) is 0 Å². The zero-order valence-electron chi connectivity index (χ0n) is 22.1. The summed E-state index contributed by atoms with van der Waals surface area (Å²) in [6.07, 6.45) is 1.93. The number of carbonyl (C=O) groups is 2. The van der Waals surface area contributed by atoms with Crippen molar-refractivity contribution in [2.75, 3.05) is 13.1 Å². The van der Waals surface area contributed by atoms with Gasteiger partial charge < -0.3 is 20.4 Å². The van der Waals surface area contributed by atoms with Crippen molar-refractivity contribution in [2.45, 2.75) is 49.8 Å². The average Bonchev–Trinajstić information content (AvgIpc) is 3.63. The summed E-state index contributed by atoms with van der Waals surface area (Å²) in [6.45, 7) is 2.55. The number of hydrogen-bond donors (Lipinski definition) is 2. The van der Waals surface area contributed by atoms with Crippen molar-refractivity contribution >= 4 is 17.6 Å². The van der Waals surface area contributed by atoms with Gasteiger partial charge in [0.1, 0.15) is 17.5 Å². The molecule has 2 amide bonds. The lowest BCUT2D eigenvalue weighted by atomic mass is 9.71. The minimum atomic E-state index is -0.923. The number of nitrogens with zero attached hydrogens (tertiary/aromatic N) is 2. The topological polar surface area (TPSA) is 83.0 Å². The lowest BCUT2D eigenvalue weighted by Gasteiger charge is -2.42. The van der Waals surface area contributed by atoms with Gasteiger partial charge in [0.25, 0.3) is 5.91 Å². The molecule has 1 saturated heterocycles. The van der Waals surface area contributed by atoms with E-state index in [9.17, 15) is 18.4 Å². The maximum absolute atomic E-state index is 14.0. The fourth-order valence-electron chi connectivity index (χ4n) is 5.73. The van der Waals surface area contributed by atoms with Crippen molar-refractivity contribution in [2.24, 2.45) is 5.16 Å². The van der Waals surface area contributed by atoms with E-state index >= 15 is 0 Å². The summed E-state index contributed by atoms with van der Waals surface area (Å²) in [7, 11) is 0. The molecule has 0 aromatic heterocycles. The quantitative estimate of drug-likeness (QED) is 0.463. The fourth-order valence-corrected chi connectivity index (χ4v) is 5.73. The van der Waals surface area contributed by atoms with Crippen molar-refractivity contribution in [3.8, 4) is 0 Å².